The summed E-state index contributed by atoms with van der Waals surface area (Å²) < 4.78 is 13.0. The van der Waals surface area contributed by atoms with Gasteiger partial charge in [-0.3, -0.25) is 9.59 Å². The van der Waals surface area contributed by atoms with E-state index in [1.54, 1.807) is 17.0 Å². The molecule has 22 heavy (non-hydrogen) atoms. The molecule has 2 aliphatic heterocycles. The minimum atomic E-state index is -0.329. The summed E-state index contributed by atoms with van der Waals surface area (Å²) in [5, 5.41) is 0. The van der Waals surface area contributed by atoms with Gasteiger partial charge in [-0.05, 0) is 50.5 Å². The second-order valence-corrected chi connectivity index (χ2v) is 6.26. The smallest absolute Gasteiger partial charge is 0.228 e. The lowest BCUT2D eigenvalue weighted by Crippen LogP contribution is -2.45. The van der Waals surface area contributed by atoms with Crippen molar-refractivity contribution in [2.75, 3.05) is 18.0 Å². The number of piperidine rings is 1. The molecule has 0 unspecified atom stereocenters. The predicted octanol–water partition coefficient (Wildman–Crippen LogP) is 2.58. The highest BCUT2D eigenvalue weighted by molar-refractivity contribution is 6.00. The van der Waals surface area contributed by atoms with Gasteiger partial charge in [0.2, 0.25) is 11.8 Å². The van der Waals surface area contributed by atoms with Gasteiger partial charge in [0.1, 0.15) is 5.82 Å². The maximum atomic E-state index is 13.0. The van der Waals surface area contributed by atoms with Gasteiger partial charge in [-0.2, -0.15) is 0 Å². The lowest BCUT2D eigenvalue weighted by molar-refractivity contribution is -0.139. The molecular weight excluding hydrogens is 283 g/mol. The molecule has 1 aromatic carbocycles. The molecule has 2 heterocycles. The zero-order valence-electron chi connectivity index (χ0n) is 12.8. The SMILES string of the molecule is C[C@@H]1CCCCN1C(=O)[C@H]1CC(=O)N(c2ccc(F)cc2)C1. The van der Waals surface area contributed by atoms with E-state index in [2.05, 4.69) is 6.92 Å². The minimum Gasteiger partial charge on any atom is -0.340 e. The van der Waals surface area contributed by atoms with E-state index in [1.165, 1.54) is 12.1 Å². The Bertz CT molecular complexity index is 573. The number of likely N-dealkylation sites (tertiary alicyclic amines) is 1. The summed E-state index contributed by atoms with van der Waals surface area (Å²) in [6.07, 6.45) is 3.49. The fraction of sp³-hybridized carbons (Fsp3) is 0.529. The molecule has 118 valence electrons. The van der Waals surface area contributed by atoms with Gasteiger partial charge in [0, 0.05) is 31.2 Å². The zero-order chi connectivity index (χ0) is 15.7. The largest absolute Gasteiger partial charge is 0.340 e. The Morgan fingerprint density at radius 1 is 1.23 bits per heavy atom. The van der Waals surface area contributed by atoms with Crippen LogP contribution in [0.25, 0.3) is 0 Å². The molecule has 2 saturated heterocycles. The Morgan fingerprint density at radius 2 is 1.95 bits per heavy atom. The van der Waals surface area contributed by atoms with Gasteiger partial charge in [0.25, 0.3) is 0 Å². The van der Waals surface area contributed by atoms with Crippen LogP contribution in [0.1, 0.15) is 32.6 Å². The summed E-state index contributed by atoms with van der Waals surface area (Å²) >= 11 is 0. The first-order valence-corrected chi connectivity index (χ1v) is 7.92. The molecule has 2 amide bonds. The van der Waals surface area contributed by atoms with E-state index >= 15 is 0 Å². The molecule has 3 rings (SSSR count). The number of hydrogen-bond acceptors (Lipinski definition) is 2. The van der Waals surface area contributed by atoms with Gasteiger partial charge in [-0.25, -0.2) is 4.39 Å². The normalized spacial score (nSPS) is 25.6. The number of nitrogens with zero attached hydrogens (tertiary/aromatic N) is 2. The van der Waals surface area contributed by atoms with Crippen molar-refractivity contribution in [1.82, 2.24) is 4.90 Å². The third-order valence-corrected chi connectivity index (χ3v) is 4.70. The molecule has 2 fully saturated rings. The highest BCUT2D eigenvalue weighted by Crippen LogP contribution is 2.28. The number of carbonyl (C=O) groups excluding carboxylic acids is 2. The number of halogens is 1. The molecular formula is C17H21FN2O2. The van der Waals surface area contributed by atoms with Crippen LogP contribution in [0.15, 0.2) is 24.3 Å². The van der Waals surface area contributed by atoms with Gasteiger partial charge in [0.15, 0.2) is 0 Å². The number of amides is 2. The van der Waals surface area contributed by atoms with E-state index < -0.39 is 0 Å². The Kier molecular flexibility index (Phi) is 4.14. The van der Waals surface area contributed by atoms with Gasteiger partial charge >= 0.3 is 0 Å². The molecule has 2 aliphatic rings. The van der Waals surface area contributed by atoms with E-state index in [-0.39, 0.29) is 36.0 Å². The summed E-state index contributed by atoms with van der Waals surface area (Å²) in [5.74, 6) is -0.581. The highest BCUT2D eigenvalue weighted by Gasteiger charge is 2.38. The lowest BCUT2D eigenvalue weighted by Gasteiger charge is -2.35. The van der Waals surface area contributed by atoms with Gasteiger partial charge in [-0.1, -0.05) is 0 Å². The summed E-state index contributed by atoms with van der Waals surface area (Å²) in [4.78, 5) is 28.4. The second-order valence-electron chi connectivity index (χ2n) is 6.26. The maximum Gasteiger partial charge on any atom is 0.228 e. The Morgan fingerprint density at radius 3 is 2.64 bits per heavy atom. The zero-order valence-corrected chi connectivity index (χ0v) is 12.8. The molecule has 0 spiro atoms. The van der Waals surface area contributed by atoms with Crippen molar-refractivity contribution in [2.45, 2.75) is 38.6 Å². The van der Waals surface area contributed by atoms with Crippen molar-refractivity contribution >= 4 is 17.5 Å². The van der Waals surface area contributed by atoms with Crippen LogP contribution in [-0.4, -0.2) is 35.8 Å². The Balaban J connectivity index is 1.71. The molecule has 2 atom stereocenters. The van der Waals surface area contributed by atoms with Crippen LogP contribution in [0.5, 0.6) is 0 Å². The fourth-order valence-electron chi connectivity index (χ4n) is 3.40. The molecule has 0 N–H and O–H groups in total. The third kappa shape index (κ3) is 2.85. The van der Waals surface area contributed by atoms with E-state index in [0.29, 0.717) is 12.2 Å². The first-order chi connectivity index (χ1) is 10.6. The quantitative estimate of drug-likeness (QED) is 0.842. The summed E-state index contributed by atoms with van der Waals surface area (Å²) in [7, 11) is 0. The van der Waals surface area contributed by atoms with Crippen molar-refractivity contribution in [3.05, 3.63) is 30.1 Å². The van der Waals surface area contributed by atoms with Crippen LogP contribution in [0.2, 0.25) is 0 Å². The van der Waals surface area contributed by atoms with Gasteiger partial charge in [0.05, 0.1) is 5.92 Å². The molecule has 0 bridgehead atoms. The van der Waals surface area contributed by atoms with Crippen molar-refractivity contribution in [2.24, 2.45) is 5.92 Å². The van der Waals surface area contributed by atoms with Crippen molar-refractivity contribution < 1.29 is 14.0 Å². The summed E-state index contributed by atoms with van der Waals surface area (Å²) in [6, 6.07) is 6.11. The fourth-order valence-corrected chi connectivity index (χ4v) is 3.40. The number of rotatable bonds is 2. The minimum absolute atomic E-state index is 0.0605. The van der Waals surface area contributed by atoms with E-state index in [4.69, 9.17) is 0 Å². The first-order valence-electron chi connectivity index (χ1n) is 7.92. The lowest BCUT2D eigenvalue weighted by atomic mass is 9.99. The number of benzene rings is 1. The van der Waals surface area contributed by atoms with E-state index in [1.807, 2.05) is 4.90 Å². The molecule has 0 aromatic heterocycles. The third-order valence-electron chi connectivity index (χ3n) is 4.70. The Labute approximate surface area is 129 Å². The van der Waals surface area contributed by atoms with Crippen molar-refractivity contribution in [3.8, 4) is 0 Å². The Hall–Kier alpha value is -1.91. The standard InChI is InChI=1S/C17H21FN2O2/c1-12-4-2-3-9-19(12)17(22)13-10-16(21)20(11-13)15-7-5-14(18)6-8-15/h5-8,12-13H,2-4,9-11H2,1H3/t12-,13+/m1/s1. The molecule has 0 radical (unpaired) electrons. The summed E-state index contributed by atoms with van der Waals surface area (Å²) in [6.45, 7) is 3.26. The molecule has 0 aliphatic carbocycles. The van der Waals surface area contributed by atoms with Crippen LogP contribution in [0.3, 0.4) is 0 Å². The average molecular weight is 304 g/mol. The first kappa shape index (κ1) is 15.0. The summed E-state index contributed by atoms with van der Waals surface area (Å²) in [5.41, 5.74) is 0.661. The number of anilines is 1. The van der Waals surface area contributed by atoms with Crippen LogP contribution < -0.4 is 4.90 Å². The van der Waals surface area contributed by atoms with Crippen LogP contribution in [0, 0.1) is 11.7 Å². The molecule has 4 nitrogen and oxygen atoms in total. The van der Waals surface area contributed by atoms with Gasteiger partial charge < -0.3 is 9.80 Å². The molecule has 5 heteroatoms. The van der Waals surface area contributed by atoms with E-state index in [9.17, 15) is 14.0 Å². The predicted molar refractivity (Wildman–Crippen MR) is 81.9 cm³/mol. The van der Waals surface area contributed by atoms with Crippen LogP contribution in [-0.2, 0) is 9.59 Å². The van der Waals surface area contributed by atoms with Crippen molar-refractivity contribution in [1.29, 1.82) is 0 Å². The number of hydrogen-bond donors (Lipinski definition) is 0. The average Bonchev–Trinajstić information content (AvgIpc) is 2.90. The van der Waals surface area contributed by atoms with E-state index in [0.717, 1.165) is 25.8 Å². The van der Waals surface area contributed by atoms with Crippen LogP contribution >= 0.6 is 0 Å². The molecule has 1 aromatic rings. The highest BCUT2D eigenvalue weighted by atomic mass is 19.1. The maximum absolute atomic E-state index is 13.0. The number of carbonyl (C=O) groups is 2. The molecule has 0 saturated carbocycles. The second kappa shape index (κ2) is 6.07. The van der Waals surface area contributed by atoms with Crippen molar-refractivity contribution in [3.63, 3.8) is 0 Å². The van der Waals surface area contributed by atoms with Gasteiger partial charge in [-0.15, -0.1) is 0 Å². The monoisotopic (exact) mass is 304 g/mol. The topological polar surface area (TPSA) is 40.6 Å². The van der Waals surface area contributed by atoms with Crippen LogP contribution in [0.4, 0.5) is 10.1 Å².